The van der Waals surface area contributed by atoms with Crippen molar-refractivity contribution in [1.82, 2.24) is 25.3 Å². The first-order valence-corrected chi connectivity index (χ1v) is 37.2. The van der Waals surface area contributed by atoms with E-state index in [-0.39, 0.29) is 52.2 Å². The van der Waals surface area contributed by atoms with Crippen LogP contribution in [0.5, 0.6) is 0 Å². The van der Waals surface area contributed by atoms with Gasteiger partial charge in [0.05, 0.1) is 51.5 Å². The number of nitrogens with two attached hydrogens (primary N) is 2. The number of nitriles is 1. The number of benzene rings is 5. The van der Waals surface area contributed by atoms with Crippen molar-refractivity contribution < 1.29 is 99.4 Å². The number of H-pyrrole nitrogens is 1. The van der Waals surface area contributed by atoms with Crippen LogP contribution in [0, 0.1) is 11.3 Å². The van der Waals surface area contributed by atoms with Gasteiger partial charge >= 0.3 is 53.8 Å². The lowest BCUT2D eigenvalue weighted by Crippen LogP contribution is -2.27. The fourth-order valence-corrected chi connectivity index (χ4v) is 8.83. The molecule has 1 unspecified atom stereocenters. The number of esters is 1. The molecule has 7 N–H and O–H groups in total. The lowest BCUT2D eigenvalue weighted by molar-refractivity contribution is -0.143. The number of primary amides is 2. The van der Waals surface area contributed by atoms with Gasteiger partial charge in [0.15, 0.2) is 17.2 Å². The molecule has 0 radical (unpaired) electrons. The Labute approximate surface area is 636 Å². The van der Waals surface area contributed by atoms with Crippen LogP contribution in [0.3, 0.4) is 0 Å². The maximum absolute atomic E-state index is 12.7. The van der Waals surface area contributed by atoms with E-state index in [2.05, 4.69) is 80.2 Å². The quantitative estimate of drug-likeness (QED) is 0.00829. The Hall–Kier alpha value is -9.28. The number of rotatable bonds is 17. The summed E-state index contributed by atoms with van der Waals surface area (Å²) >= 11 is 19.8. The molecule has 1 aliphatic heterocycles. The molecule has 1 atom stereocenters. The second kappa shape index (κ2) is 46.9. The fraction of sp³-hybridized carbons (Fsp3) is 0.333. The lowest BCUT2D eigenvalue weighted by atomic mass is 10.0. The summed E-state index contributed by atoms with van der Waals surface area (Å²) in [5.41, 5.74) is 7.80. The van der Waals surface area contributed by atoms with Gasteiger partial charge in [0.25, 0.3) is 0 Å². The van der Waals surface area contributed by atoms with E-state index in [9.17, 15) is 94.7 Å². The van der Waals surface area contributed by atoms with Crippen LogP contribution in [0.4, 0.5) is 70.7 Å². The molecule has 0 fully saturated rings. The van der Waals surface area contributed by atoms with E-state index in [1.54, 1.807) is 31.2 Å². The molecule has 2 aromatic heterocycles. The van der Waals surface area contributed by atoms with E-state index in [0.29, 0.717) is 66.2 Å². The number of aliphatic hydroxyl groups is 1. The maximum Gasteiger partial charge on any atom is 0.416 e. The number of ketones is 2. The summed E-state index contributed by atoms with van der Waals surface area (Å²) in [6.45, 7) is 13.2. The highest BCUT2D eigenvalue weighted by atomic mass is 36.0. The number of aromatic nitrogens is 4. The summed E-state index contributed by atoms with van der Waals surface area (Å²) < 4.78 is 202. The smallest absolute Gasteiger partial charge is 0.416 e. The number of hydrogen-bond acceptors (Lipinski definition) is 14. The zero-order valence-electron chi connectivity index (χ0n) is 59.0. The number of carbonyl (C=O) groups excluding carboxylic acids is 4. The Kier molecular flexibility index (Phi) is 42.1. The minimum absolute atomic E-state index is 0.0192. The molecule has 7 aromatic rings. The molecule has 8 rings (SSSR count). The van der Waals surface area contributed by atoms with Crippen molar-refractivity contribution in [2.75, 3.05) is 6.61 Å². The van der Waals surface area contributed by atoms with Gasteiger partial charge in [-0.1, -0.05) is 126 Å². The standard InChI is InChI=1S/C15H12F3N3.C14H14ClF3N2.C14H13F3N2O.C13H13F3O2.C9H7F3O.C6H12O2.CH4N2O.Cl3OP/c1-2-4-12-8-13(21-14(9-19)20-12)10-5-3-6-11(7-10)15(16,17)18;1-2-4-11-8-12(20-13(15)19-11)9-5-3-6-10(7-9)14(16,17)18;1-2-4-11-8-12(19-13(20)18-11)9-5-3-6-10(7-9)14(15,16)17;1-2-4-11(17)8-12(18)9-5-3-6-10(7-9)13(14,15)16;1-6(13)7-3-2-4-8(5-7)9(10,11)12;1-3-5-6(7)8-4-2;2-1(3)4;1-5(2,3)4/h3,5-8H,2,4H2,1H3;3,5-8,13,19H,2,4H2,1H3;3,5-8H,2,4H2,1H3,(H,18,19,20);3,5-8,18H,2,4H2,1H3;2-5H,1H3;3-5H2,1-2H3;(H4,2,3,4);. The number of urea groups is 1. The highest BCUT2D eigenvalue weighted by Gasteiger charge is 2.34. The van der Waals surface area contributed by atoms with Gasteiger partial charge in [-0.2, -0.15) is 76.1 Å². The molecule has 3 heterocycles. The fourth-order valence-electron chi connectivity index (χ4n) is 8.59. The number of amides is 2. The van der Waals surface area contributed by atoms with Crippen LogP contribution in [-0.4, -0.2) is 66.6 Å². The zero-order valence-corrected chi connectivity index (χ0v) is 63.0. The highest BCUT2D eigenvalue weighted by Crippen LogP contribution is 2.61. The van der Waals surface area contributed by atoms with Gasteiger partial charge in [0.1, 0.15) is 11.8 Å². The molecule has 2 amide bonds. The first-order valence-electron chi connectivity index (χ1n) is 32.3. The van der Waals surface area contributed by atoms with E-state index >= 15 is 0 Å². The Bertz CT molecular complexity index is 4330. The summed E-state index contributed by atoms with van der Waals surface area (Å²) in [7, 11) is 0. The van der Waals surface area contributed by atoms with Crippen molar-refractivity contribution >= 4 is 85.6 Å². The molecule has 37 heteroatoms. The van der Waals surface area contributed by atoms with Gasteiger partial charge in [0, 0.05) is 63.8 Å². The van der Waals surface area contributed by atoms with E-state index in [1.165, 1.54) is 61.5 Å². The minimum Gasteiger partial charge on any atom is -0.507 e. The third-order valence-electron chi connectivity index (χ3n) is 13.2. The summed E-state index contributed by atoms with van der Waals surface area (Å²) in [5, 5.41) is 18.3. The molecule has 0 saturated heterocycles. The molecule has 0 saturated carbocycles. The van der Waals surface area contributed by atoms with Gasteiger partial charge in [-0.3, -0.25) is 18.9 Å². The second-order valence-electron chi connectivity index (χ2n) is 22.2. The van der Waals surface area contributed by atoms with Crippen LogP contribution in [-0.2, 0) is 62.6 Å². The Morgan fingerprint density at radius 2 is 0.982 bits per heavy atom. The molecule has 17 nitrogen and oxygen atoms in total. The van der Waals surface area contributed by atoms with Gasteiger partial charge in [0.2, 0.25) is 5.82 Å². The third-order valence-corrected chi connectivity index (χ3v) is 13.4. The molecule has 5 aromatic carbocycles. The Balaban J connectivity index is 0.000000649. The molecular weight excluding hydrogens is 1580 g/mol. The minimum atomic E-state index is -4.47. The van der Waals surface area contributed by atoms with E-state index in [0.717, 1.165) is 105 Å². The molecule has 1 aliphatic rings. The molecule has 0 aliphatic carbocycles. The number of aliphatic imine (C=N–C) groups is 1. The predicted octanol–water partition coefficient (Wildman–Crippen LogP) is 21.8. The number of alkyl halides is 16. The first kappa shape index (κ1) is 97.7. The Morgan fingerprint density at radius 3 is 1.39 bits per heavy atom. The van der Waals surface area contributed by atoms with Gasteiger partial charge < -0.3 is 31.6 Å². The highest BCUT2D eigenvalue weighted by molar-refractivity contribution is 8.24. The monoisotopic (exact) mass is 1650 g/mol. The van der Waals surface area contributed by atoms with Crippen molar-refractivity contribution in [2.24, 2.45) is 16.5 Å². The molecule has 109 heavy (non-hydrogen) atoms. The normalized spacial score (nSPS) is 12.6. The molecule has 0 bridgehead atoms. The van der Waals surface area contributed by atoms with Crippen molar-refractivity contribution in [2.45, 2.75) is 149 Å². The number of allylic oxidation sites excluding steroid dienone is 3. The van der Waals surface area contributed by atoms with Crippen molar-refractivity contribution in [3.05, 3.63) is 224 Å². The number of aryl methyl sites for hydroxylation is 2. The number of nitrogens with one attached hydrogen (secondary N) is 2. The molecule has 594 valence electrons. The Morgan fingerprint density at radius 1 is 0.578 bits per heavy atom. The summed E-state index contributed by atoms with van der Waals surface area (Å²) in [6, 6.07) is 27.6. The van der Waals surface area contributed by atoms with Crippen LogP contribution >= 0.6 is 50.5 Å². The van der Waals surface area contributed by atoms with Crippen molar-refractivity contribution in [3.63, 3.8) is 0 Å². The number of aliphatic hydroxyl groups excluding tert-OH is 1. The van der Waals surface area contributed by atoms with Crippen LogP contribution in [0.15, 0.2) is 161 Å². The lowest BCUT2D eigenvalue weighted by Gasteiger charge is -2.20. The second-order valence-corrected chi connectivity index (χ2v) is 29.3. The first-order chi connectivity index (χ1) is 50.5. The number of carbonyl (C=O) groups is 4. The van der Waals surface area contributed by atoms with Gasteiger partial charge in [-0.05, 0) is 159 Å². The summed E-state index contributed by atoms with van der Waals surface area (Å²) in [5.74, 6) is -1.25. The summed E-state index contributed by atoms with van der Waals surface area (Å²) in [6.07, 6.45) is -12.4. The van der Waals surface area contributed by atoms with E-state index in [1.807, 2.05) is 40.7 Å². The summed E-state index contributed by atoms with van der Waals surface area (Å²) in [4.78, 5) is 71.4. The van der Waals surface area contributed by atoms with Crippen LogP contribution in [0.2, 0.25) is 0 Å². The average molecular weight is 1650 g/mol. The number of aromatic amines is 1. The molecule has 0 spiro atoms. The number of ether oxygens (including phenoxy) is 1. The topological polar surface area (TPSA) is 287 Å². The van der Waals surface area contributed by atoms with E-state index < -0.39 is 87.0 Å². The van der Waals surface area contributed by atoms with Gasteiger partial charge in [-0.25, -0.2) is 24.5 Å². The van der Waals surface area contributed by atoms with Crippen LogP contribution < -0.4 is 22.5 Å². The van der Waals surface area contributed by atoms with Crippen molar-refractivity contribution in [3.8, 4) is 28.6 Å². The third kappa shape index (κ3) is 40.7. The van der Waals surface area contributed by atoms with Crippen LogP contribution in [0.1, 0.15) is 166 Å². The van der Waals surface area contributed by atoms with Gasteiger partial charge in [-0.15, -0.1) is 0 Å². The SMILES string of the molecule is CC(=O)c1cccc(C(F)(F)F)c1.CCCC(=O)C=C(O)c1cccc(C(F)(F)F)c1.CCCC(=O)OCC.CCCC1=CC(c2cccc(C(F)(F)F)c2)=NC(Cl)N1.CCCc1cc(-c2cccc(C(F)(F)F)c2)nc(=O)[nH]1.CCCc1cc(-c2cccc(C(F)(F)F)c2)nc(C#N)n1.NC(N)=O.O=P(Cl)(Cl)Cl. The number of halogens is 19. The number of hydrogen-bond donors (Lipinski definition) is 5. The number of Topliss-reactive ketones (excluding diaryl/α,β-unsaturated/α-hetero) is 1. The molecular formula is C72H75Cl4F15N9O8P. The predicted molar refractivity (Wildman–Crippen MR) is 388 cm³/mol. The largest absolute Gasteiger partial charge is 0.507 e. The zero-order chi connectivity index (χ0) is 83.3. The van der Waals surface area contributed by atoms with Crippen LogP contribution in [0.25, 0.3) is 28.3 Å². The average Bonchev–Trinajstić information content (AvgIpc) is 0.830. The maximum atomic E-state index is 12.7. The van der Waals surface area contributed by atoms with Crippen molar-refractivity contribution in [1.29, 1.82) is 5.26 Å². The van der Waals surface area contributed by atoms with E-state index in [4.69, 9.17) is 21.7 Å². The number of nitrogens with zero attached hydrogens (tertiary/aromatic N) is 5.